The molecule has 1 aliphatic rings. The van der Waals surface area contributed by atoms with Crippen LogP contribution in [0.15, 0.2) is 6.07 Å². The number of rotatable bonds is 6. The Morgan fingerprint density at radius 1 is 1.33 bits per heavy atom. The van der Waals surface area contributed by atoms with E-state index in [2.05, 4.69) is 49.0 Å². The van der Waals surface area contributed by atoms with E-state index in [-0.39, 0.29) is 0 Å². The van der Waals surface area contributed by atoms with E-state index in [1.165, 1.54) is 19.3 Å². The van der Waals surface area contributed by atoms with E-state index in [0.717, 1.165) is 43.4 Å². The fraction of sp³-hybridized carbons (Fsp3) is 0.765. The zero-order valence-electron chi connectivity index (χ0n) is 14.0. The molecule has 0 saturated carbocycles. The van der Waals surface area contributed by atoms with Crippen molar-refractivity contribution in [3.63, 3.8) is 0 Å². The maximum atomic E-state index is 4.80. The number of anilines is 1. The predicted molar refractivity (Wildman–Crippen MR) is 89.0 cm³/mol. The van der Waals surface area contributed by atoms with Gasteiger partial charge in [0.1, 0.15) is 0 Å². The van der Waals surface area contributed by atoms with Crippen molar-refractivity contribution < 1.29 is 0 Å². The average Bonchev–Trinajstić information content (AvgIpc) is 2.47. The van der Waals surface area contributed by atoms with E-state index >= 15 is 0 Å². The first-order valence-corrected chi connectivity index (χ1v) is 8.44. The summed E-state index contributed by atoms with van der Waals surface area (Å²) in [7, 11) is 0. The lowest BCUT2D eigenvalue weighted by molar-refractivity contribution is 0.397. The van der Waals surface area contributed by atoms with Gasteiger partial charge < -0.3 is 10.2 Å². The van der Waals surface area contributed by atoms with Gasteiger partial charge >= 0.3 is 0 Å². The van der Waals surface area contributed by atoms with Gasteiger partial charge in [0, 0.05) is 30.5 Å². The van der Waals surface area contributed by atoms with Gasteiger partial charge in [-0.25, -0.2) is 9.97 Å². The third-order valence-electron chi connectivity index (χ3n) is 4.08. The second kappa shape index (κ2) is 7.74. The lowest BCUT2D eigenvalue weighted by Crippen LogP contribution is -2.44. The third kappa shape index (κ3) is 4.67. The van der Waals surface area contributed by atoms with Gasteiger partial charge in [0.2, 0.25) is 5.95 Å². The maximum absolute atomic E-state index is 4.80. The second-order valence-electron chi connectivity index (χ2n) is 6.48. The van der Waals surface area contributed by atoms with Crippen LogP contribution < -0.4 is 10.2 Å². The Hall–Kier alpha value is -1.16. The Balaban J connectivity index is 2.16. The summed E-state index contributed by atoms with van der Waals surface area (Å²) in [6.45, 7) is 11.9. The summed E-state index contributed by atoms with van der Waals surface area (Å²) in [6.07, 6.45) is 5.04. The lowest BCUT2D eigenvalue weighted by atomic mass is 10.0. The molecule has 1 aromatic heterocycles. The van der Waals surface area contributed by atoms with Gasteiger partial charge in [-0.15, -0.1) is 0 Å². The van der Waals surface area contributed by atoms with Crippen molar-refractivity contribution in [3.05, 3.63) is 17.5 Å². The van der Waals surface area contributed by atoms with E-state index in [0.29, 0.717) is 12.0 Å². The van der Waals surface area contributed by atoms with E-state index in [1.807, 2.05) is 0 Å². The fourth-order valence-corrected chi connectivity index (χ4v) is 2.90. The summed E-state index contributed by atoms with van der Waals surface area (Å²) in [6, 6.07) is 2.69. The molecule has 4 heteroatoms. The van der Waals surface area contributed by atoms with Crippen LogP contribution in [0.3, 0.4) is 0 Å². The van der Waals surface area contributed by atoms with Crippen LogP contribution in [0.2, 0.25) is 0 Å². The smallest absolute Gasteiger partial charge is 0.225 e. The first kappa shape index (κ1) is 16.2. The molecule has 1 aromatic rings. The number of nitrogens with zero attached hydrogens (tertiary/aromatic N) is 3. The molecule has 0 aliphatic carbocycles. The van der Waals surface area contributed by atoms with E-state index in [1.54, 1.807) is 0 Å². The van der Waals surface area contributed by atoms with Gasteiger partial charge in [-0.2, -0.15) is 0 Å². The molecule has 0 radical (unpaired) electrons. The second-order valence-corrected chi connectivity index (χ2v) is 6.48. The van der Waals surface area contributed by atoms with Gasteiger partial charge in [0.25, 0.3) is 0 Å². The summed E-state index contributed by atoms with van der Waals surface area (Å²) in [5.41, 5.74) is 2.22. The number of aromatic nitrogens is 2. The van der Waals surface area contributed by atoms with Gasteiger partial charge in [-0.3, -0.25) is 0 Å². The van der Waals surface area contributed by atoms with Crippen molar-refractivity contribution in [2.24, 2.45) is 0 Å². The van der Waals surface area contributed by atoms with Crippen LogP contribution in [0.25, 0.3) is 0 Å². The summed E-state index contributed by atoms with van der Waals surface area (Å²) >= 11 is 0. The van der Waals surface area contributed by atoms with Crippen molar-refractivity contribution in [1.82, 2.24) is 15.3 Å². The lowest BCUT2D eigenvalue weighted by Gasteiger charge is -2.31. The molecule has 1 fully saturated rings. The molecule has 2 rings (SSSR count). The molecule has 0 amide bonds. The zero-order chi connectivity index (χ0) is 15.2. The first-order valence-electron chi connectivity index (χ1n) is 8.44. The Morgan fingerprint density at radius 3 is 2.76 bits per heavy atom. The summed E-state index contributed by atoms with van der Waals surface area (Å²) in [5.74, 6) is 1.36. The van der Waals surface area contributed by atoms with Crippen molar-refractivity contribution >= 4 is 5.95 Å². The van der Waals surface area contributed by atoms with Crippen LogP contribution in [-0.2, 0) is 0 Å². The Labute approximate surface area is 129 Å². The molecule has 1 unspecified atom stereocenters. The summed E-state index contributed by atoms with van der Waals surface area (Å²) < 4.78 is 0. The molecule has 4 nitrogen and oxygen atoms in total. The summed E-state index contributed by atoms with van der Waals surface area (Å²) in [5, 5.41) is 3.63. The van der Waals surface area contributed by atoms with Gasteiger partial charge in [0.05, 0.1) is 0 Å². The minimum absolute atomic E-state index is 0.446. The van der Waals surface area contributed by atoms with Crippen LogP contribution in [-0.4, -0.2) is 35.6 Å². The van der Waals surface area contributed by atoms with Crippen molar-refractivity contribution in [2.75, 3.05) is 24.5 Å². The number of nitrogens with one attached hydrogen (secondary N) is 1. The van der Waals surface area contributed by atoms with E-state index < -0.39 is 0 Å². The number of piperidine rings is 1. The molecule has 21 heavy (non-hydrogen) atoms. The van der Waals surface area contributed by atoms with E-state index in [9.17, 15) is 0 Å². The van der Waals surface area contributed by atoms with Crippen LogP contribution in [0.5, 0.6) is 0 Å². The van der Waals surface area contributed by atoms with Crippen molar-refractivity contribution in [1.29, 1.82) is 0 Å². The standard InChI is InChI=1S/C17H30N4/c1-5-10-21(12-15-8-6-7-9-18-15)17-19-14(4)11-16(20-17)13(2)3/h11,13,15,18H,5-10,12H2,1-4H3. The van der Waals surface area contributed by atoms with Gasteiger partial charge in [-0.05, 0) is 44.7 Å². The highest BCUT2D eigenvalue weighted by Gasteiger charge is 2.19. The largest absolute Gasteiger partial charge is 0.339 e. The topological polar surface area (TPSA) is 41.0 Å². The van der Waals surface area contributed by atoms with Crippen molar-refractivity contribution in [3.8, 4) is 0 Å². The number of hydrogen-bond acceptors (Lipinski definition) is 4. The molecule has 1 saturated heterocycles. The normalized spacial score (nSPS) is 19.0. The van der Waals surface area contributed by atoms with Gasteiger partial charge in [0.15, 0.2) is 0 Å². The Bertz CT molecular complexity index is 438. The van der Waals surface area contributed by atoms with Gasteiger partial charge in [-0.1, -0.05) is 27.2 Å². The molecule has 0 aromatic carbocycles. The van der Waals surface area contributed by atoms with Crippen LogP contribution in [0.1, 0.15) is 63.8 Å². The molecular formula is C17H30N4. The molecule has 0 spiro atoms. The molecule has 2 heterocycles. The highest BCUT2D eigenvalue weighted by Crippen LogP contribution is 2.18. The number of hydrogen-bond donors (Lipinski definition) is 1. The quantitative estimate of drug-likeness (QED) is 0.873. The first-order chi connectivity index (χ1) is 10.1. The zero-order valence-corrected chi connectivity index (χ0v) is 14.0. The Morgan fingerprint density at radius 2 is 2.14 bits per heavy atom. The third-order valence-corrected chi connectivity index (χ3v) is 4.08. The minimum atomic E-state index is 0.446. The average molecular weight is 290 g/mol. The molecule has 1 aliphatic heterocycles. The van der Waals surface area contributed by atoms with E-state index in [4.69, 9.17) is 4.98 Å². The van der Waals surface area contributed by atoms with Crippen molar-refractivity contribution in [2.45, 2.75) is 65.3 Å². The summed E-state index contributed by atoms with van der Waals surface area (Å²) in [4.78, 5) is 11.9. The minimum Gasteiger partial charge on any atom is -0.339 e. The van der Waals surface area contributed by atoms with Crippen LogP contribution in [0, 0.1) is 6.92 Å². The van der Waals surface area contributed by atoms with Crippen LogP contribution >= 0.6 is 0 Å². The highest BCUT2D eigenvalue weighted by molar-refractivity contribution is 5.33. The number of aryl methyl sites for hydroxylation is 1. The fourth-order valence-electron chi connectivity index (χ4n) is 2.90. The maximum Gasteiger partial charge on any atom is 0.225 e. The van der Waals surface area contributed by atoms with Crippen LogP contribution in [0.4, 0.5) is 5.95 Å². The molecule has 0 bridgehead atoms. The Kier molecular flexibility index (Phi) is 5.97. The monoisotopic (exact) mass is 290 g/mol. The highest BCUT2D eigenvalue weighted by atomic mass is 15.3. The molecule has 118 valence electrons. The molecule has 1 N–H and O–H groups in total. The molecule has 1 atom stereocenters. The molecular weight excluding hydrogens is 260 g/mol. The SMILES string of the molecule is CCCN(CC1CCCCN1)c1nc(C)cc(C(C)C)n1. The predicted octanol–water partition coefficient (Wildman–Crippen LogP) is 3.27.